The molecule has 30 heavy (non-hydrogen) atoms. The molecule has 0 radical (unpaired) electrons. The number of hydrogen-bond acceptors (Lipinski definition) is 3. The van der Waals surface area contributed by atoms with E-state index in [2.05, 4.69) is 5.32 Å². The van der Waals surface area contributed by atoms with E-state index in [0.29, 0.717) is 24.5 Å². The van der Waals surface area contributed by atoms with E-state index in [9.17, 15) is 9.59 Å². The fourth-order valence-corrected chi connectivity index (χ4v) is 3.55. The van der Waals surface area contributed by atoms with Crippen molar-refractivity contribution >= 4 is 17.5 Å². The van der Waals surface area contributed by atoms with Crippen LogP contribution in [0.1, 0.15) is 17.5 Å². The molecule has 0 aliphatic carbocycles. The number of ether oxygens (including phenoxy) is 1. The van der Waals surface area contributed by atoms with Gasteiger partial charge in [-0.25, -0.2) is 0 Å². The highest BCUT2D eigenvalue weighted by Gasteiger charge is 2.34. The molecule has 3 aromatic rings. The summed E-state index contributed by atoms with van der Waals surface area (Å²) in [5.74, 6) is 1.04. The molecule has 1 atom stereocenters. The van der Waals surface area contributed by atoms with Gasteiger partial charge in [-0.3, -0.25) is 9.59 Å². The van der Waals surface area contributed by atoms with Gasteiger partial charge < -0.3 is 15.0 Å². The van der Waals surface area contributed by atoms with Crippen LogP contribution in [0.2, 0.25) is 0 Å². The number of anilines is 1. The molecule has 5 nitrogen and oxygen atoms in total. The van der Waals surface area contributed by atoms with Crippen LogP contribution < -0.4 is 10.1 Å². The van der Waals surface area contributed by atoms with Gasteiger partial charge in [-0.05, 0) is 48.4 Å². The highest BCUT2D eigenvalue weighted by molar-refractivity contribution is 5.97. The Labute approximate surface area is 176 Å². The predicted molar refractivity (Wildman–Crippen MR) is 116 cm³/mol. The average Bonchev–Trinajstić information content (AvgIpc) is 3.12. The van der Waals surface area contributed by atoms with Gasteiger partial charge in [0.05, 0.1) is 5.92 Å². The molecule has 1 aliphatic heterocycles. The van der Waals surface area contributed by atoms with Crippen LogP contribution in [0.25, 0.3) is 0 Å². The summed E-state index contributed by atoms with van der Waals surface area (Å²) < 4.78 is 5.89. The minimum atomic E-state index is -0.343. The van der Waals surface area contributed by atoms with Crippen molar-refractivity contribution in [3.8, 4) is 11.5 Å². The summed E-state index contributed by atoms with van der Waals surface area (Å²) in [7, 11) is 0. The van der Waals surface area contributed by atoms with Crippen molar-refractivity contribution in [3.63, 3.8) is 0 Å². The van der Waals surface area contributed by atoms with E-state index in [1.54, 1.807) is 4.90 Å². The largest absolute Gasteiger partial charge is 0.457 e. The number of benzene rings is 3. The molecule has 152 valence electrons. The summed E-state index contributed by atoms with van der Waals surface area (Å²) in [5, 5.41) is 2.92. The molecule has 0 unspecified atom stereocenters. The van der Waals surface area contributed by atoms with Gasteiger partial charge in [-0.2, -0.15) is 0 Å². The summed E-state index contributed by atoms with van der Waals surface area (Å²) in [4.78, 5) is 26.7. The van der Waals surface area contributed by atoms with Crippen molar-refractivity contribution in [1.82, 2.24) is 4.90 Å². The van der Waals surface area contributed by atoms with Crippen LogP contribution in [0, 0.1) is 12.8 Å². The second kappa shape index (κ2) is 8.82. The number of rotatable bonds is 6. The number of nitrogens with one attached hydrogen (secondary N) is 1. The molecule has 2 amide bonds. The van der Waals surface area contributed by atoms with E-state index in [-0.39, 0.29) is 24.2 Å². The van der Waals surface area contributed by atoms with Crippen LogP contribution in [0.3, 0.4) is 0 Å². The highest BCUT2D eigenvalue weighted by atomic mass is 16.5. The van der Waals surface area contributed by atoms with E-state index in [1.807, 2.05) is 85.8 Å². The number of carbonyl (C=O) groups excluding carboxylic acids is 2. The third-order valence-electron chi connectivity index (χ3n) is 5.24. The first kappa shape index (κ1) is 19.7. The van der Waals surface area contributed by atoms with E-state index in [1.165, 1.54) is 0 Å². The van der Waals surface area contributed by atoms with Crippen molar-refractivity contribution in [3.05, 3.63) is 90.0 Å². The zero-order valence-electron chi connectivity index (χ0n) is 16.9. The van der Waals surface area contributed by atoms with E-state index in [0.717, 1.165) is 16.9 Å². The first-order chi connectivity index (χ1) is 14.6. The monoisotopic (exact) mass is 400 g/mol. The Bertz CT molecular complexity index is 1030. The molecular formula is C25H24N2O3. The number of aryl methyl sites for hydroxylation is 1. The Morgan fingerprint density at radius 1 is 1.00 bits per heavy atom. The molecular weight excluding hydrogens is 376 g/mol. The summed E-state index contributed by atoms with van der Waals surface area (Å²) in [5.41, 5.74) is 2.81. The smallest absolute Gasteiger partial charge is 0.229 e. The van der Waals surface area contributed by atoms with Crippen molar-refractivity contribution in [1.29, 1.82) is 0 Å². The van der Waals surface area contributed by atoms with E-state index < -0.39 is 0 Å². The molecule has 1 saturated heterocycles. The van der Waals surface area contributed by atoms with Crippen LogP contribution in [0.5, 0.6) is 11.5 Å². The minimum Gasteiger partial charge on any atom is -0.457 e. The highest BCUT2D eigenvalue weighted by Crippen LogP contribution is 2.26. The molecule has 0 saturated carbocycles. The number of nitrogens with zero attached hydrogens (tertiary/aromatic N) is 1. The normalized spacial score (nSPS) is 15.8. The van der Waals surface area contributed by atoms with Crippen LogP contribution >= 0.6 is 0 Å². The SMILES string of the molecule is Cc1ccccc1Oc1ccc(NC(=O)[C@@H]2CC(=O)N(Cc3ccccc3)C2)cc1. The lowest BCUT2D eigenvalue weighted by Gasteiger charge is -2.16. The van der Waals surface area contributed by atoms with Gasteiger partial charge in [0.15, 0.2) is 0 Å². The molecule has 0 bridgehead atoms. The molecule has 1 heterocycles. The summed E-state index contributed by atoms with van der Waals surface area (Å²) in [6.45, 7) is 2.97. The molecule has 1 aliphatic rings. The van der Waals surface area contributed by atoms with Gasteiger partial charge in [0.1, 0.15) is 11.5 Å². The number of hydrogen-bond donors (Lipinski definition) is 1. The standard InChI is InChI=1S/C25H24N2O3/c1-18-7-5-6-10-23(18)30-22-13-11-21(12-14-22)26-25(29)20-15-24(28)27(17-20)16-19-8-3-2-4-9-19/h2-14,20H,15-17H2,1H3,(H,26,29)/t20-/m1/s1. The van der Waals surface area contributed by atoms with Crippen LogP contribution in [0.4, 0.5) is 5.69 Å². The van der Waals surface area contributed by atoms with Crippen molar-refractivity contribution < 1.29 is 14.3 Å². The quantitative estimate of drug-likeness (QED) is 0.648. The lowest BCUT2D eigenvalue weighted by molar-refractivity contribution is -0.128. The Morgan fingerprint density at radius 2 is 1.70 bits per heavy atom. The summed E-state index contributed by atoms with van der Waals surface area (Å²) in [6.07, 6.45) is 0.243. The van der Waals surface area contributed by atoms with Crippen LogP contribution in [-0.2, 0) is 16.1 Å². The first-order valence-corrected chi connectivity index (χ1v) is 10.0. The zero-order valence-corrected chi connectivity index (χ0v) is 16.9. The van der Waals surface area contributed by atoms with Gasteiger partial charge in [0.2, 0.25) is 11.8 Å². The zero-order chi connectivity index (χ0) is 20.9. The van der Waals surface area contributed by atoms with Crippen molar-refractivity contribution in [2.24, 2.45) is 5.92 Å². The maximum atomic E-state index is 12.7. The maximum absolute atomic E-state index is 12.7. The van der Waals surface area contributed by atoms with Gasteiger partial charge in [-0.15, -0.1) is 0 Å². The topological polar surface area (TPSA) is 58.6 Å². The fraction of sp³-hybridized carbons (Fsp3) is 0.200. The second-order valence-corrected chi connectivity index (χ2v) is 7.54. The molecule has 1 N–H and O–H groups in total. The lowest BCUT2D eigenvalue weighted by Crippen LogP contribution is -2.28. The molecule has 0 aromatic heterocycles. The van der Waals surface area contributed by atoms with E-state index >= 15 is 0 Å². The molecule has 1 fully saturated rings. The number of carbonyl (C=O) groups is 2. The Balaban J connectivity index is 1.33. The molecule has 3 aromatic carbocycles. The third-order valence-corrected chi connectivity index (χ3v) is 5.24. The summed E-state index contributed by atoms with van der Waals surface area (Å²) in [6, 6.07) is 24.9. The Morgan fingerprint density at radius 3 is 2.43 bits per heavy atom. The second-order valence-electron chi connectivity index (χ2n) is 7.54. The Kier molecular flexibility index (Phi) is 5.80. The molecule has 4 rings (SSSR count). The van der Waals surface area contributed by atoms with Crippen LogP contribution in [0.15, 0.2) is 78.9 Å². The average molecular weight is 400 g/mol. The summed E-state index contributed by atoms with van der Waals surface area (Å²) >= 11 is 0. The third kappa shape index (κ3) is 4.69. The number of para-hydroxylation sites is 1. The van der Waals surface area contributed by atoms with E-state index in [4.69, 9.17) is 4.74 Å². The van der Waals surface area contributed by atoms with Crippen molar-refractivity contribution in [2.75, 3.05) is 11.9 Å². The maximum Gasteiger partial charge on any atom is 0.229 e. The number of amides is 2. The van der Waals surface area contributed by atoms with Gasteiger partial charge in [0, 0.05) is 25.2 Å². The minimum absolute atomic E-state index is 0.0148. The molecule has 0 spiro atoms. The fourth-order valence-electron chi connectivity index (χ4n) is 3.55. The van der Waals surface area contributed by atoms with Crippen LogP contribution in [-0.4, -0.2) is 23.3 Å². The van der Waals surface area contributed by atoms with Crippen molar-refractivity contribution in [2.45, 2.75) is 19.9 Å². The predicted octanol–water partition coefficient (Wildman–Crippen LogP) is 4.77. The molecule has 5 heteroatoms. The van der Waals surface area contributed by atoms with Gasteiger partial charge in [0.25, 0.3) is 0 Å². The Hall–Kier alpha value is -3.60. The van der Waals surface area contributed by atoms with Gasteiger partial charge >= 0.3 is 0 Å². The van der Waals surface area contributed by atoms with Gasteiger partial charge in [-0.1, -0.05) is 48.5 Å². The number of likely N-dealkylation sites (tertiary alicyclic amines) is 1. The first-order valence-electron chi connectivity index (χ1n) is 10.0. The lowest BCUT2D eigenvalue weighted by atomic mass is 10.1.